The molecule has 1 aromatic heterocycles. The lowest BCUT2D eigenvalue weighted by Gasteiger charge is -2.26. The summed E-state index contributed by atoms with van der Waals surface area (Å²) in [6.45, 7) is 6.57. The van der Waals surface area contributed by atoms with E-state index in [1.807, 2.05) is 56.3 Å². The SMILES string of the molecule is CCCCOc1ccc(C2c3c(oc4cc(C)c(C)cc4c3=O)C(=O)N2c2cccc(OC)c2)cc1OC. The molecular weight excluding hydrogens is 482 g/mol. The van der Waals surface area contributed by atoms with Gasteiger partial charge in [-0.3, -0.25) is 14.5 Å². The van der Waals surface area contributed by atoms with Gasteiger partial charge in [-0.05, 0) is 73.4 Å². The fourth-order valence-corrected chi connectivity index (χ4v) is 4.87. The highest BCUT2D eigenvalue weighted by atomic mass is 16.5. The summed E-state index contributed by atoms with van der Waals surface area (Å²) < 4.78 is 23.2. The zero-order valence-electron chi connectivity index (χ0n) is 22.3. The molecule has 5 rings (SSSR count). The number of unbranched alkanes of at least 4 members (excludes halogenated alkanes) is 1. The molecule has 7 nitrogen and oxygen atoms in total. The predicted molar refractivity (Wildman–Crippen MR) is 147 cm³/mol. The molecule has 1 aliphatic rings. The van der Waals surface area contributed by atoms with Gasteiger partial charge in [-0.25, -0.2) is 0 Å². The number of amides is 1. The first-order valence-electron chi connectivity index (χ1n) is 12.7. The number of carbonyl (C=O) groups excluding carboxylic acids is 1. The van der Waals surface area contributed by atoms with Crippen LogP contribution in [0.2, 0.25) is 0 Å². The number of aryl methyl sites for hydroxylation is 2. The minimum absolute atomic E-state index is 0.0424. The van der Waals surface area contributed by atoms with E-state index in [4.69, 9.17) is 18.6 Å². The van der Waals surface area contributed by atoms with Gasteiger partial charge in [0.2, 0.25) is 5.76 Å². The zero-order valence-corrected chi connectivity index (χ0v) is 22.3. The smallest absolute Gasteiger partial charge is 0.295 e. The highest BCUT2D eigenvalue weighted by Gasteiger charge is 2.44. The molecule has 4 aromatic rings. The molecule has 0 aliphatic carbocycles. The van der Waals surface area contributed by atoms with Gasteiger partial charge in [0.1, 0.15) is 11.3 Å². The summed E-state index contributed by atoms with van der Waals surface area (Å²) in [6.07, 6.45) is 1.94. The van der Waals surface area contributed by atoms with E-state index < -0.39 is 11.9 Å². The molecule has 1 atom stereocenters. The maximum Gasteiger partial charge on any atom is 0.295 e. The molecule has 1 amide bonds. The Morgan fingerprint density at radius 3 is 2.45 bits per heavy atom. The van der Waals surface area contributed by atoms with Gasteiger partial charge in [0, 0.05) is 11.8 Å². The van der Waals surface area contributed by atoms with E-state index in [9.17, 15) is 9.59 Å². The van der Waals surface area contributed by atoms with Crippen molar-refractivity contribution in [2.24, 2.45) is 0 Å². The van der Waals surface area contributed by atoms with Gasteiger partial charge in [-0.15, -0.1) is 0 Å². The number of ether oxygens (including phenoxy) is 3. The van der Waals surface area contributed by atoms with Crippen molar-refractivity contribution in [1.29, 1.82) is 0 Å². The van der Waals surface area contributed by atoms with Crippen LogP contribution in [-0.2, 0) is 0 Å². The topological polar surface area (TPSA) is 78.2 Å². The normalized spacial score (nSPS) is 14.6. The number of benzene rings is 3. The van der Waals surface area contributed by atoms with Crippen molar-refractivity contribution in [1.82, 2.24) is 0 Å². The quantitative estimate of drug-likeness (QED) is 0.255. The number of hydrogen-bond donors (Lipinski definition) is 0. The van der Waals surface area contributed by atoms with Gasteiger partial charge >= 0.3 is 0 Å². The Balaban J connectivity index is 1.73. The lowest BCUT2D eigenvalue weighted by molar-refractivity contribution is 0.0971. The number of anilines is 1. The first-order chi connectivity index (χ1) is 18.4. The van der Waals surface area contributed by atoms with Crippen molar-refractivity contribution in [2.45, 2.75) is 39.7 Å². The van der Waals surface area contributed by atoms with Crippen LogP contribution in [0.3, 0.4) is 0 Å². The molecule has 38 heavy (non-hydrogen) atoms. The summed E-state index contributed by atoms with van der Waals surface area (Å²) >= 11 is 0. The van der Waals surface area contributed by atoms with Crippen LogP contribution < -0.4 is 24.5 Å². The molecule has 0 saturated heterocycles. The van der Waals surface area contributed by atoms with Crippen LogP contribution in [0.25, 0.3) is 11.0 Å². The van der Waals surface area contributed by atoms with Gasteiger partial charge in [0.05, 0.1) is 37.8 Å². The summed E-state index contributed by atoms with van der Waals surface area (Å²) in [6, 6.07) is 15.6. The highest BCUT2D eigenvalue weighted by Crippen LogP contribution is 2.44. The standard InChI is InChI=1S/C31H31NO6/c1-6-7-13-37-24-12-11-20(16-26(24)36-5)28-27-29(33)23-14-18(2)19(3)15-25(23)38-30(27)31(34)32(28)21-9-8-10-22(17-21)35-4/h8-12,14-17,28H,6-7,13H2,1-5H3. The molecule has 0 spiro atoms. The summed E-state index contributed by atoms with van der Waals surface area (Å²) in [5, 5.41) is 0.448. The van der Waals surface area contributed by atoms with Gasteiger partial charge < -0.3 is 18.6 Å². The summed E-state index contributed by atoms with van der Waals surface area (Å²) in [5.41, 5.74) is 3.72. The van der Waals surface area contributed by atoms with Crippen LogP contribution in [0.1, 0.15) is 58.6 Å². The second-order valence-electron chi connectivity index (χ2n) is 9.50. The zero-order chi connectivity index (χ0) is 27.0. The summed E-state index contributed by atoms with van der Waals surface area (Å²) in [4.78, 5) is 29.5. The third kappa shape index (κ3) is 4.28. The maximum atomic E-state index is 14.0. The van der Waals surface area contributed by atoms with Crippen LogP contribution in [0.4, 0.5) is 5.69 Å². The molecule has 2 heterocycles. The van der Waals surface area contributed by atoms with E-state index in [0.29, 0.717) is 51.6 Å². The maximum absolute atomic E-state index is 14.0. The Morgan fingerprint density at radius 1 is 0.921 bits per heavy atom. The highest BCUT2D eigenvalue weighted by molar-refractivity contribution is 6.10. The lowest BCUT2D eigenvalue weighted by atomic mass is 9.97. The minimum atomic E-state index is -0.731. The molecule has 0 fully saturated rings. The Kier molecular flexibility index (Phi) is 6.85. The van der Waals surface area contributed by atoms with E-state index in [-0.39, 0.29) is 11.2 Å². The fraction of sp³-hybridized carbons (Fsp3) is 0.290. The number of fused-ring (bicyclic) bond motifs is 2. The Bertz CT molecular complexity index is 1590. The van der Waals surface area contributed by atoms with Crippen LogP contribution in [-0.4, -0.2) is 26.7 Å². The van der Waals surface area contributed by atoms with Crippen molar-refractivity contribution in [3.8, 4) is 17.2 Å². The molecule has 3 aromatic carbocycles. The van der Waals surface area contributed by atoms with E-state index in [0.717, 1.165) is 24.0 Å². The van der Waals surface area contributed by atoms with Crippen molar-refractivity contribution >= 4 is 22.6 Å². The number of hydrogen-bond acceptors (Lipinski definition) is 6. The van der Waals surface area contributed by atoms with Crippen LogP contribution in [0.5, 0.6) is 17.2 Å². The number of nitrogens with zero attached hydrogens (tertiary/aromatic N) is 1. The molecule has 0 N–H and O–H groups in total. The van der Waals surface area contributed by atoms with Gasteiger partial charge in [0.15, 0.2) is 16.9 Å². The molecule has 0 bridgehead atoms. The Hall–Kier alpha value is -4.26. The van der Waals surface area contributed by atoms with E-state index in [2.05, 4.69) is 6.92 Å². The van der Waals surface area contributed by atoms with Gasteiger partial charge in [-0.1, -0.05) is 25.5 Å². The lowest BCUT2D eigenvalue weighted by Crippen LogP contribution is -2.29. The monoisotopic (exact) mass is 513 g/mol. The third-order valence-electron chi connectivity index (χ3n) is 7.08. The summed E-state index contributed by atoms with van der Waals surface area (Å²) in [5.74, 6) is 1.39. The van der Waals surface area contributed by atoms with Crippen molar-refractivity contribution in [2.75, 3.05) is 25.7 Å². The molecule has 196 valence electrons. The second kappa shape index (κ2) is 10.2. The second-order valence-corrected chi connectivity index (χ2v) is 9.50. The van der Waals surface area contributed by atoms with Gasteiger partial charge in [-0.2, -0.15) is 0 Å². The molecule has 0 radical (unpaired) electrons. The first kappa shape index (κ1) is 25.4. The van der Waals surface area contributed by atoms with E-state index in [1.165, 1.54) is 0 Å². The number of methoxy groups -OCH3 is 2. The number of rotatable bonds is 8. The number of carbonyl (C=O) groups is 1. The van der Waals surface area contributed by atoms with E-state index in [1.54, 1.807) is 31.3 Å². The van der Waals surface area contributed by atoms with Gasteiger partial charge in [0.25, 0.3) is 5.91 Å². The van der Waals surface area contributed by atoms with Crippen LogP contribution >= 0.6 is 0 Å². The summed E-state index contributed by atoms with van der Waals surface area (Å²) in [7, 11) is 3.15. The Labute approximate surface area is 221 Å². The minimum Gasteiger partial charge on any atom is -0.497 e. The molecule has 7 heteroatoms. The van der Waals surface area contributed by atoms with Crippen LogP contribution in [0.15, 0.2) is 63.8 Å². The molecule has 1 unspecified atom stereocenters. The van der Waals surface area contributed by atoms with Crippen molar-refractivity contribution < 1.29 is 23.4 Å². The van der Waals surface area contributed by atoms with Crippen LogP contribution in [0, 0.1) is 13.8 Å². The third-order valence-corrected chi connectivity index (χ3v) is 7.08. The first-order valence-corrected chi connectivity index (χ1v) is 12.7. The molecule has 0 saturated carbocycles. The average molecular weight is 514 g/mol. The largest absolute Gasteiger partial charge is 0.497 e. The van der Waals surface area contributed by atoms with E-state index >= 15 is 0 Å². The molecular formula is C31H31NO6. The average Bonchev–Trinajstić information content (AvgIpc) is 3.22. The van der Waals surface area contributed by atoms with Crippen molar-refractivity contribution in [3.05, 3.63) is 92.8 Å². The fourth-order valence-electron chi connectivity index (χ4n) is 4.87. The van der Waals surface area contributed by atoms with Crippen molar-refractivity contribution in [3.63, 3.8) is 0 Å². The predicted octanol–water partition coefficient (Wildman–Crippen LogP) is 6.36. The molecule has 1 aliphatic heterocycles. The Morgan fingerprint density at radius 2 is 1.71 bits per heavy atom.